The van der Waals surface area contributed by atoms with Crippen LogP contribution in [0.2, 0.25) is 0 Å². The van der Waals surface area contributed by atoms with E-state index in [1.54, 1.807) is 0 Å². The van der Waals surface area contributed by atoms with Gasteiger partial charge >= 0.3 is 0 Å². The molecule has 4 heterocycles. The molecule has 0 amide bonds. The molecule has 3 aliphatic rings. The molecule has 0 atom stereocenters. The average Bonchev–Trinajstić information content (AvgIpc) is 3.90. The molecule has 374 valence electrons. The van der Waals surface area contributed by atoms with Gasteiger partial charge in [-0.1, -0.05) is 196 Å². The average molecular weight is 996 g/mol. The Morgan fingerprint density at radius 1 is 0.351 bits per heavy atom. The van der Waals surface area contributed by atoms with Crippen LogP contribution in [-0.4, -0.2) is 11.3 Å². The molecule has 0 saturated carbocycles. The third kappa shape index (κ3) is 7.42. The number of para-hydroxylation sites is 4. The largest absolute Gasteiger partial charge is 0.456 e. The van der Waals surface area contributed by atoms with Crippen molar-refractivity contribution in [1.29, 1.82) is 0 Å². The maximum atomic E-state index is 7.26. The third-order valence-corrected chi connectivity index (χ3v) is 16.6. The van der Waals surface area contributed by atoms with E-state index in [1.807, 2.05) is 0 Å². The first-order chi connectivity index (χ1) is 37.1. The molecule has 0 N–H and O–H groups in total. The molecule has 5 heteroatoms. The van der Waals surface area contributed by atoms with Gasteiger partial charge in [-0.15, -0.1) is 0 Å². The minimum atomic E-state index is -0.211. The van der Waals surface area contributed by atoms with Crippen LogP contribution in [0.15, 0.2) is 212 Å². The highest BCUT2D eigenvalue weighted by Crippen LogP contribution is 2.55. The topological polar surface area (TPSA) is 20.6 Å². The zero-order valence-corrected chi connectivity index (χ0v) is 45.5. The highest BCUT2D eigenvalue weighted by Gasteiger charge is 2.47. The lowest BCUT2D eigenvalue weighted by molar-refractivity contribution is 0.486. The Morgan fingerprint density at radius 3 is 1.51 bits per heavy atom. The van der Waals surface area contributed by atoms with Gasteiger partial charge in [0, 0.05) is 67.2 Å². The molecule has 10 aromatic carbocycles. The van der Waals surface area contributed by atoms with Crippen LogP contribution in [0.25, 0.3) is 60.9 Å². The van der Waals surface area contributed by atoms with Gasteiger partial charge in [-0.05, 0) is 139 Å². The van der Waals surface area contributed by atoms with Gasteiger partial charge in [0.1, 0.15) is 11.5 Å². The van der Waals surface area contributed by atoms with Gasteiger partial charge in [0.25, 0.3) is 6.71 Å². The molecule has 0 fully saturated rings. The number of aromatic nitrogens is 1. The standard InChI is InChI=1S/C72H62BN3O/c1-70(2,3)47-33-38-62-56(39-47)54-25-15-19-29-66(54)77-67-30-20-16-26-55(67)57-40-48(71(4,5)6)41-59-69(57)76(62)65-43-49(72(7,8)9)42-64-68(65)73(59)58-37-36-51(75-60-27-17-13-23-52(60)53-24-14-18-28-61(53)75)44-63(58)74(64)50-34-31-46(32-35-50)45-21-11-10-12-22-45/h10-44H,1-9H3. The number of nitrogens with zero attached hydrogens (tertiary/aromatic N) is 3. The van der Waals surface area contributed by atoms with E-state index >= 15 is 0 Å². The Balaban J connectivity index is 1.15. The molecule has 0 saturated heterocycles. The summed E-state index contributed by atoms with van der Waals surface area (Å²) in [7, 11) is 0. The lowest BCUT2D eigenvalue weighted by atomic mass is 9.33. The Morgan fingerprint density at radius 2 is 0.870 bits per heavy atom. The molecular formula is C72H62BN3O. The van der Waals surface area contributed by atoms with Crippen molar-refractivity contribution in [3.63, 3.8) is 0 Å². The van der Waals surface area contributed by atoms with Crippen LogP contribution in [-0.2, 0) is 16.2 Å². The predicted octanol–water partition coefficient (Wildman–Crippen LogP) is 17.9. The molecule has 1 aromatic heterocycles. The van der Waals surface area contributed by atoms with Crippen molar-refractivity contribution in [2.75, 3.05) is 9.80 Å². The summed E-state index contributed by atoms with van der Waals surface area (Å²) in [4.78, 5) is 5.26. The van der Waals surface area contributed by atoms with Gasteiger partial charge in [0.2, 0.25) is 0 Å². The third-order valence-electron chi connectivity index (χ3n) is 16.6. The second-order valence-corrected chi connectivity index (χ2v) is 24.6. The van der Waals surface area contributed by atoms with Crippen molar-refractivity contribution >= 4 is 79.0 Å². The highest BCUT2D eigenvalue weighted by atomic mass is 16.5. The molecule has 11 aromatic rings. The number of fused-ring (bicyclic) bond motifs is 13. The normalized spacial score (nSPS) is 13.5. The van der Waals surface area contributed by atoms with Gasteiger partial charge in [-0.3, -0.25) is 0 Å². The van der Waals surface area contributed by atoms with Crippen LogP contribution >= 0.6 is 0 Å². The Kier molecular flexibility index (Phi) is 10.4. The number of hydrogen-bond donors (Lipinski definition) is 0. The van der Waals surface area contributed by atoms with Gasteiger partial charge in [-0.2, -0.15) is 0 Å². The molecule has 0 spiro atoms. The summed E-state index contributed by atoms with van der Waals surface area (Å²) in [5, 5.41) is 2.50. The van der Waals surface area contributed by atoms with Gasteiger partial charge in [-0.25, -0.2) is 0 Å². The number of ether oxygens (including phenoxy) is 1. The van der Waals surface area contributed by atoms with E-state index in [2.05, 4.69) is 289 Å². The minimum absolute atomic E-state index is 0.103. The van der Waals surface area contributed by atoms with Crippen molar-refractivity contribution in [1.82, 2.24) is 4.57 Å². The monoisotopic (exact) mass is 995 g/mol. The van der Waals surface area contributed by atoms with Crippen LogP contribution in [0, 0.1) is 0 Å². The molecule has 14 rings (SSSR count). The van der Waals surface area contributed by atoms with Crippen LogP contribution in [0.5, 0.6) is 11.5 Å². The fraction of sp³-hybridized carbons (Fsp3) is 0.167. The summed E-state index contributed by atoms with van der Waals surface area (Å²) in [6, 6.07) is 79.7. The van der Waals surface area contributed by atoms with Crippen LogP contribution < -0.4 is 30.9 Å². The summed E-state index contributed by atoms with van der Waals surface area (Å²) in [6.07, 6.45) is 0. The molecule has 4 nitrogen and oxygen atoms in total. The Labute approximate surface area is 453 Å². The maximum absolute atomic E-state index is 7.26. The molecule has 3 aliphatic heterocycles. The number of anilines is 6. The second kappa shape index (κ2) is 17.0. The molecule has 0 bridgehead atoms. The van der Waals surface area contributed by atoms with E-state index < -0.39 is 0 Å². The van der Waals surface area contributed by atoms with Crippen LogP contribution in [0.3, 0.4) is 0 Å². The van der Waals surface area contributed by atoms with E-state index in [0.717, 1.165) is 50.8 Å². The van der Waals surface area contributed by atoms with E-state index in [0.29, 0.717) is 0 Å². The zero-order valence-electron chi connectivity index (χ0n) is 45.5. The summed E-state index contributed by atoms with van der Waals surface area (Å²) < 4.78 is 9.73. The number of hydrogen-bond acceptors (Lipinski definition) is 3. The zero-order chi connectivity index (χ0) is 52.7. The molecule has 0 aliphatic carbocycles. The summed E-state index contributed by atoms with van der Waals surface area (Å²) in [5.74, 6) is 1.67. The van der Waals surface area contributed by atoms with Crippen molar-refractivity contribution in [3.8, 4) is 50.6 Å². The van der Waals surface area contributed by atoms with E-state index in [1.165, 1.54) is 88.8 Å². The summed E-state index contributed by atoms with van der Waals surface area (Å²) >= 11 is 0. The fourth-order valence-corrected chi connectivity index (χ4v) is 12.6. The molecule has 0 unspecified atom stereocenters. The lowest BCUT2D eigenvalue weighted by Crippen LogP contribution is -2.62. The van der Waals surface area contributed by atoms with Gasteiger partial charge in [0.05, 0.1) is 16.7 Å². The van der Waals surface area contributed by atoms with E-state index in [9.17, 15) is 0 Å². The first kappa shape index (κ1) is 47.0. The Bertz CT molecular complexity index is 4150. The predicted molar refractivity (Wildman–Crippen MR) is 327 cm³/mol. The highest BCUT2D eigenvalue weighted by molar-refractivity contribution is 7.00. The first-order valence-corrected chi connectivity index (χ1v) is 27.4. The van der Waals surface area contributed by atoms with Crippen molar-refractivity contribution in [2.45, 2.75) is 78.6 Å². The van der Waals surface area contributed by atoms with E-state index in [4.69, 9.17) is 4.74 Å². The summed E-state index contributed by atoms with van der Waals surface area (Å²) in [6.45, 7) is 21.0. The first-order valence-electron chi connectivity index (χ1n) is 27.4. The van der Waals surface area contributed by atoms with Crippen molar-refractivity contribution in [2.24, 2.45) is 0 Å². The molecular weight excluding hydrogens is 934 g/mol. The SMILES string of the molecule is CC(C)(C)c1ccc2c(c1)-c1ccccc1Oc1ccccc1-c1cc(C(C)(C)C)cc3c1N2c1cc(C(C)(C)C)cc2c1B3c1ccc(-n3c4ccccc4c4ccccc43)cc1N2c1ccc(-c2ccccc2)cc1. The quantitative estimate of drug-likeness (QED) is 0.165. The second-order valence-electron chi connectivity index (χ2n) is 24.6. The van der Waals surface area contributed by atoms with Crippen molar-refractivity contribution in [3.05, 3.63) is 229 Å². The van der Waals surface area contributed by atoms with Crippen LogP contribution in [0.4, 0.5) is 34.1 Å². The van der Waals surface area contributed by atoms with Crippen LogP contribution in [0.1, 0.15) is 79.0 Å². The lowest BCUT2D eigenvalue weighted by Gasteiger charge is -2.46. The minimum Gasteiger partial charge on any atom is -0.456 e. The Hall–Kier alpha value is -8.54. The maximum Gasteiger partial charge on any atom is 0.252 e. The fourth-order valence-electron chi connectivity index (χ4n) is 12.6. The number of benzene rings is 10. The van der Waals surface area contributed by atoms with Gasteiger partial charge in [0.15, 0.2) is 0 Å². The summed E-state index contributed by atoms with van der Waals surface area (Å²) in [5.41, 5.74) is 24.5. The van der Waals surface area contributed by atoms with Gasteiger partial charge < -0.3 is 19.1 Å². The smallest absolute Gasteiger partial charge is 0.252 e. The van der Waals surface area contributed by atoms with Crippen molar-refractivity contribution < 1.29 is 4.74 Å². The number of rotatable bonds is 3. The van der Waals surface area contributed by atoms with E-state index in [-0.39, 0.29) is 23.0 Å². The molecule has 0 radical (unpaired) electrons. The molecule has 77 heavy (non-hydrogen) atoms.